The molecule has 0 aromatic heterocycles. The normalized spacial score (nSPS) is 10.5. The van der Waals surface area contributed by atoms with Crippen molar-refractivity contribution >= 4 is 11.6 Å². The molecule has 0 saturated carbocycles. The van der Waals surface area contributed by atoms with E-state index in [2.05, 4.69) is 18.7 Å². The van der Waals surface area contributed by atoms with Crippen molar-refractivity contribution in [3.05, 3.63) is 29.8 Å². The number of hydrogen-bond donors (Lipinski definition) is 2. The van der Waals surface area contributed by atoms with Gasteiger partial charge in [-0.25, -0.2) is 0 Å². The molecule has 0 spiro atoms. The van der Waals surface area contributed by atoms with E-state index in [0.29, 0.717) is 12.3 Å². The third-order valence-corrected chi connectivity index (χ3v) is 2.72. The van der Waals surface area contributed by atoms with E-state index in [1.807, 2.05) is 0 Å². The van der Waals surface area contributed by atoms with Crippen LogP contribution in [0.2, 0.25) is 0 Å². The topological polar surface area (TPSA) is 62.3 Å². The van der Waals surface area contributed by atoms with Gasteiger partial charge in [0.25, 0.3) is 0 Å². The molecule has 1 aromatic carbocycles. The van der Waals surface area contributed by atoms with Crippen LogP contribution in [0.25, 0.3) is 0 Å². The van der Waals surface area contributed by atoms with E-state index >= 15 is 0 Å². The Bertz CT molecular complexity index is 344. The fraction of sp³-hybridized carbons (Fsp3) is 0.462. The number of benzene rings is 1. The second-order valence-corrected chi connectivity index (χ2v) is 3.83. The summed E-state index contributed by atoms with van der Waals surface area (Å²) in [5.74, 6) is 0.206. The molecule has 0 unspecified atom stereocenters. The van der Waals surface area contributed by atoms with Gasteiger partial charge in [-0.15, -0.1) is 0 Å². The summed E-state index contributed by atoms with van der Waals surface area (Å²) < 4.78 is 5.40. The highest BCUT2D eigenvalue weighted by molar-refractivity contribution is 5.91. The zero-order valence-corrected chi connectivity index (χ0v) is 10.6. The number of nitrogen functional groups attached to an aromatic ring is 1. The number of nitrogens with two attached hydrogens (primary N) is 1. The van der Waals surface area contributed by atoms with Crippen LogP contribution in [0.5, 0.6) is 0 Å². The first-order valence-electron chi connectivity index (χ1n) is 5.97. The van der Waals surface area contributed by atoms with Gasteiger partial charge in [-0.2, -0.15) is 0 Å². The maximum absolute atomic E-state index is 7.78. The van der Waals surface area contributed by atoms with E-state index in [1.165, 1.54) is 0 Å². The van der Waals surface area contributed by atoms with Crippen LogP contribution < -0.4 is 5.73 Å². The van der Waals surface area contributed by atoms with Gasteiger partial charge in [-0.1, -0.05) is 13.8 Å². The lowest BCUT2D eigenvalue weighted by atomic mass is 10.2. The van der Waals surface area contributed by atoms with Gasteiger partial charge in [0.15, 0.2) is 0 Å². The summed E-state index contributed by atoms with van der Waals surface area (Å²) in [6.07, 6.45) is 0. The number of likely N-dealkylation sites (N-methyl/N-ethyl adjacent to an activating group) is 1. The van der Waals surface area contributed by atoms with Gasteiger partial charge in [-0.05, 0) is 37.4 Å². The molecule has 0 amide bonds. The molecule has 0 bridgehead atoms. The minimum absolute atomic E-state index is 0.206. The Morgan fingerprint density at radius 3 is 2.35 bits per heavy atom. The lowest BCUT2D eigenvalue weighted by molar-refractivity contribution is 0.215. The van der Waals surface area contributed by atoms with Crippen molar-refractivity contribution in [3.63, 3.8) is 0 Å². The first-order valence-corrected chi connectivity index (χ1v) is 5.97. The zero-order chi connectivity index (χ0) is 12.7. The highest BCUT2D eigenvalue weighted by atomic mass is 16.5. The molecule has 0 aliphatic carbocycles. The van der Waals surface area contributed by atoms with Crippen LogP contribution in [0.4, 0.5) is 5.69 Å². The summed E-state index contributed by atoms with van der Waals surface area (Å²) in [6, 6.07) is 7.15. The summed E-state index contributed by atoms with van der Waals surface area (Å²) in [5, 5.41) is 7.78. The lowest BCUT2D eigenvalue weighted by Crippen LogP contribution is -2.27. The molecule has 0 atom stereocenters. The predicted octanol–water partition coefficient (Wildman–Crippen LogP) is 1.95. The third-order valence-electron chi connectivity index (χ3n) is 2.72. The molecule has 0 heterocycles. The first kappa shape index (κ1) is 13.5. The highest BCUT2D eigenvalue weighted by Gasteiger charge is 2.03. The van der Waals surface area contributed by atoms with Gasteiger partial charge in [0.1, 0.15) is 6.61 Å². The zero-order valence-electron chi connectivity index (χ0n) is 10.6. The molecule has 0 aliphatic heterocycles. The second-order valence-electron chi connectivity index (χ2n) is 3.83. The van der Waals surface area contributed by atoms with Crippen molar-refractivity contribution in [2.45, 2.75) is 13.8 Å². The second kappa shape index (κ2) is 6.91. The fourth-order valence-corrected chi connectivity index (χ4v) is 1.53. The van der Waals surface area contributed by atoms with Crippen LogP contribution in [-0.2, 0) is 4.74 Å². The first-order chi connectivity index (χ1) is 8.17. The third kappa shape index (κ3) is 4.44. The fourth-order valence-electron chi connectivity index (χ4n) is 1.53. The Morgan fingerprint density at radius 2 is 1.82 bits per heavy atom. The molecule has 4 heteroatoms. The highest BCUT2D eigenvalue weighted by Crippen LogP contribution is 2.06. The summed E-state index contributed by atoms with van der Waals surface area (Å²) >= 11 is 0. The van der Waals surface area contributed by atoms with E-state index in [9.17, 15) is 0 Å². The largest absolute Gasteiger partial charge is 0.476 e. The molecule has 17 heavy (non-hydrogen) atoms. The number of nitrogens with zero attached hydrogens (tertiary/aromatic N) is 1. The minimum Gasteiger partial charge on any atom is -0.476 e. The smallest absolute Gasteiger partial charge is 0.213 e. The van der Waals surface area contributed by atoms with Gasteiger partial charge in [-0.3, -0.25) is 5.41 Å². The standard InChI is InChI=1S/C13H21N3O/c1-3-16(4-2)9-10-17-13(15)11-5-7-12(14)8-6-11/h5-8,15H,3-4,9-10,14H2,1-2H3. The number of ether oxygens (including phenoxy) is 1. The molecule has 0 aliphatic rings. The predicted molar refractivity (Wildman–Crippen MR) is 71.4 cm³/mol. The average Bonchev–Trinajstić information content (AvgIpc) is 2.35. The average molecular weight is 235 g/mol. The quantitative estimate of drug-likeness (QED) is 0.450. The molecule has 0 radical (unpaired) electrons. The SMILES string of the molecule is CCN(CC)CCOC(=N)c1ccc(N)cc1. The van der Waals surface area contributed by atoms with Crippen molar-refractivity contribution in [2.75, 3.05) is 32.0 Å². The van der Waals surface area contributed by atoms with Crippen LogP contribution in [0.1, 0.15) is 19.4 Å². The number of nitrogens with one attached hydrogen (secondary N) is 1. The summed E-state index contributed by atoms with van der Waals surface area (Å²) in [5.41, 5.74) is 7.05. The van der Waals surface area contributed by atoms with Gasteiger partial charge in [0, 0.05) is 17.8 Å². The number of hydrogen-bond acceptors (Lipinski definition) is 4. The van der Waals surface area contributed by atoms with Crippen molar-refractivity contribution < 1.29 is 4.74 Å². The summed E-state index contributed by atoms with van der Waals surface area (Å²) in [6.45, 7) is 7.66. The Hall–Kier alpha value is -1.55. The Labute approximate surface area is 103 Å². The van der Waals surface area contributed by atoms with Crippen LogP contribution in [0.3, 0.4) is 0 Å². The minimum atomic E-state index is 0.206. The molecule has 0 saturated heterocycles. The Kier molecular flexibility index (Phi) is 5.49. The van der Waals surface area contributed by atoms with Crippen molar-refractivity contribution in [1.29, 1.82) is 5.41 Å². The maximum Gasteiger partial charge on any atom is 0.213 e. The van der Waals surface area contributed by atoms with E-state index < -0.39 is 0 Å². The van der Waals surface area contributed by atoms with E-state index in [4.69, 9.17) is 15.9 Å². The van der Waals surface area contributed by atoms with E-state index in [0.717, 1.165) is 25.2 Å². The van der Waals surface area contributed by atoms with Crippen molar-refractivity contribution in [3.8, 4) is 0 Å². The van der Waals surface area contributed by atoms with Crippen LogP contribution in [0, 0.1) is 5.41 Å². The Balaban J connectivity index is 2.37. The molecule has 94 valence electrons. The molecular formula is C13H21N3O. The molecule has 1 aromatic rings. The van der Waals surface area contributed by atoms with Gasteiger partial charge in [0.05, 0.1) is 0 Å². The number of rotatable bonds is 6. The van der Waals surface area contributed by atoms with Crippen molar-refractivity contribution in [2.24, 2.45) is 0 Å². The maximum atomic E-state index is 7.78. The van der Waals surface area contributed by atoms with Gasteiger partial charge >= 0.3 is 0 Å². The molecular weight excluding hydrogens is 214 g/mol. The summed E-state index contributed by atoms with van der Waals surface area (Å²) in [4.78, 5) is 2.26. The lowest BCUT2D eigenvalue weighted by Gasteiger charge is -2.18. The van der Waals surface area contributed by atoms with E-state index in [1.54, 1.807) is 24.3 Å². The number of anilines is 1. The van der Waals surface area contributed by atoms with E-state index in [-0.39, 0.29) is 5.90 Å². The van der Waals surface area contributed by atoms with Crippen molar-refractivity contribution in [1.82, 2.24) is 4.90 Å². The monoisotopic (exact) mass is 235 g/mol. The Morgan fingerprint density at radius 1 is 1.24 bits per heavy atom. The van der Waals surface area contributed by atoms with Gasteiger partial charge in [0.2, 0.25) is 5.90 Å². The van der Waals surface area contributed by atoms with Crippen LogP contribution in [0.15, 0.2) is 24.3 Å². The summed E-state index contributed by atoms with van der Waals surface area (Å²) in [7, 11) is 0. The molecule has 4 nitrogen and oxygen atoms in total. The van der Waals surface area contributed by atoms with Gasteiger partial charge < -0.3 is 15.4 Å². The molecule has 1 rings (SSSR count). The van der Waals surface area contributed by atoms with Crippen LogP contribution in [-0.4, -0.2) is 37.0 Å². The van der Waals surface area contributed by atoms with Crippen LogP contribution >= 0.6 is 0 Å². The molecule has 3 N–H and O–H groups in total. The molecule has 0 fully saturated rings.